The van der Waals surface area contributed by atoms with Crippen LogP contribution in [0.3, 0.4) is 0 Å². The number of para-hydroxylation sites is 1. The average Bonchev–Trinajstić information content (AvgIpc) is 3.45. The number of hydrogen-bond donors (Lipinski definition) is 0. The third kappa shape index (κ3) is 5.13. The van der Waals surface area contributed by atoms with E-state index in [0.717, 1.165) is 69.4 Å². The zero-order chi connectivity index (χ0) is 27.4. The number of nitrogens with zero attached hydrogens (tertiary/aromatic N) is 5. The zero-order valence-corrected chi connectivity index (χ0v) is 22.4. The first-order valence-corrected chi connectivity index (χ1v) is 13.8. The fourth-order valence-electron chi connectivity index (χ4n) is 5.16. The highest BCUT2D eigenvalue weighted by Crippen LogP contribution is 2.30. The molecule has 3 aromatic carbocycles. The predicted octanol–water partition coefficient (Wildman–Crippen LogP) is 8.00. The molecule has 0 fully saturated rings. The molecule has 0 aliphatic rings. The van der Waals surface area contributed by atoms with E-state index in [1.165, 1.54) is 5.56 Å². The summed E-state index contributed by atoms with van der Waals surface area (Å²) in [5.41, 5.74) is 9.73. The summed E-state index contributed by atoms with van der Waals surface area (Å²) in [4.78, 5) is 19.6. The first kappa shape index (κ1) is 24.6. The minimum Gasteiger partial charge on any atom is -0.277 e. The van der Waals surface area contributed by atoms with Gasteiger partial charge < -0.3 is 0 Å². The summed E-state index contributed by atoms with van der Waals surface area (Å²) in [5, 5.41) is 0. The fraction of sp³-hybridized carbons (Fsp3) is 0.0556. The lowest BCUT2D eigenvalue weighted by Gasteiger charge is -2.10. The van der Waals surface area contributed by atoms with Crippen molar-refractivity contribution in [3.05, 3.63) is 151 Å². The zero-order valence-electron chi connectivity index (χ0n) is 22.4. The van der Waals surface area contributed by atoms with Gasteiger partial charge in [0, 0.05) is 28.7 Å². The van der Waals surface area contributed by atoms with Gasteiger partial charge in [-0.15, -0.1) is 0 Å². The highest BCUT2D eigenvalue weighted by Gasteiger charge is 2.16. The van der Waals surface area contributed by atoms with E-state index in [9.17, 15) is 0 Å². The van der Waals surface area contributed by atoms with Gasteiger partial charge in [0.05, 0.1) is 17.1 Å². The molecule has 4 aromatic heterocycles. The maximum absolute atomic E-state index is 5.03. The van der Waals surface area contributed by atoms with Gasteiger partial charge in [0.2, 0.25) is 0 Å². The Morgan fingerprint density at radius 3 is 2.07 bits per heavy atom. The van der Waals surface area contributed by atoms with Gasteiger partial charge in [-0.05, 0) is 73.0 Å². The molecular weight excluding hydrogens is 502 g/mol. The largest absolute Gasteiger partial charge is 0.277 e. The lowest BCUT2D eigenvalue weighted by atomic mass is 10.1. The second-order valence-electron chi connectivity index (χ2n) is 9.94. The van der Waals surface area contributed by atoms with Crippen LogP contribution in [0, 0.1) is 0 Å². The smallest absolute Gasteiger partial charge is 0.164 e. The quantitative estimate of drug-likeness (QED) is 0.210. The summed E-state index contributed by atoms with van der Waals surface area (Å²) in [7, 11) is 0. The molecule has 196 valence electrons. The maximum atomic E-state index is 5.03. The number of pyridine rings is 3. The molecule has 0 unspecified atom stereocenters. The topological polar surface area (TPSA) is 56.5 Å². The Kier molecular flexibility index (Phi) is 6.59. The monoisotopic (exact) mass is 529 g/mol. The molecule has 0 saturated carbocycles. The number of hydrogen-bond acceptors (Lipinski definition) is 4. The standard InChI is InChI=1S/C36H27N5/c1-3-11-26(12-4-1)22-23-29-15-8-19-32(38-29)33-20-9-18-31(39-33)27-13-7-14-28(25-27)35-40-34-21-10-24-37-36(34)41(35)30-16-5-2-6-17-30/h1-21,24-25H,22-23H2. The summed E-state index contributed by atoms with van der Waals surface area (Å²) in [6, 6.07) is 45.4. The van der Waals surface area contributed by atoms with Crippen LogP contribution in [0.15, 0.2) is 140 Å². The van der Waals surface area contributed by atoms with Crippen molar-refractivity contribution in [3.8, 4) is 39.7 Å². The molecule has 0 radical (unpaired) electrons. The van der Waals surface area contributed by atoms with E-state index in [4.69, 9.17) is 15.0 Å². The van der Waals surface area contributed by atoms with Gasteiger partial charge >= 0.3 is 0 Å². The van der Waals surface area contributed by atoms with E-state index in [1.807, 2.05) is 66.9 Å². The van der Waals surface area contributed by atoms with Crippen LogP contribution in [0.5, 0.6) is 0 Å². The van der Waals surface area contributed by atoms with Crippen LogP contribution in [0.25, 0.3) is 50.9 Å². The van der Waals surface area contributed by atoms with E-state index in [-0.39, 0.29) is 0 Å². The summed E-state index contributed by atoms with van der Waals surface area (Å²) >= 11 is 0. The van der Waals surface area contributed by atoms with Crippen LogP contribution < -0.4 is 0 Å². The van der Waals surface area contributed by atoms with Crippen molar-refractivity contribution >= 4 is 11.2 Å². The highest BCUT2D eigenvalue weighted by atomic mass is 15.1. The molecule has 5 nitrogen and oxygen atoms in total. The van der Waals surface area contributed by atoms with Crippen LogP contribution in [0.2, 0.25) is 0 Å². The van der Waals surface area contributed by atoms with Gasteiger partial charge in [-0.2, -0.15) is 0 Å². The second-order valence-corrected chi connectivity index (χ2v) is 9.94. The molecule has 7 rings (SSSR count). The maximum Gasteiger partial charge on any atom is 0.164 e. The van der Waals surface area contributed by atoms with Crippen molar-refractivity contribution in [2.75, 3.05) is 0 Å². The number of imidazole rings is 1. The first-order chi connectivity index (χ1) is 20.3. The van der Waals surface area contributed by atoms with Crippen molar-refractivity contribution < 1.29 is 0 Å². The molecule has 41 heavy (non-hydrogen) atoms. The number of benzene rings is 3. The van der Waals surface area contributed by atoms with Gasteiger partial charge in [0.15, 0.2) is 5.65 Å². The van der Waals surface area contributed by atoms with Crippen LogP contribution in [0.1, 0.15) is 11.3 Å². The predicted molar refractivity (Wildman–Crippen MR) is 165 cm³/mol. The van der Waals surface area contributed by atoms with Crippen molar-refractivity contribution in [1.29, 1.82) is 0 Å². The molecule has 4 heterocycles. The molecule has 0 N–H and O–H groups in total. The molecule has 0 bridgehead atoms. The van der Waals surface area contributed by atoms with Crippen molar-refractivity contribution in [2.24, 2.45) is 0 Å². The van der Waals surface area contributed by atoms with Crippen LogP contribution in [-0.2, 0) is 12.8 Å². The number of fused-ring (bicyclic) bond motifs is 1. The van der Waals surface area contributed by atoms with E-state index in [2.05, 4.69) is 82.3 Å². The van der Waals surface area contributed by atoms with Crippen LogP contribution in [0.4, 0.5) is 0 Å². The van der Waals surface area contributed by atoms with Crippen LogP contribution >= 0.6 is 0 Å². The van der Waals surface area contributed by atoms with Crippen LogP contribution in [-0.4, -0.2) is 24.5 Å². The van der Waals surface area contributed by atoms with Gasteiger partial charge in [-0.25, -0.2) is 15.0 Å². The third-order valence-corrected chi connectivity index (χ3v) is 7.18. The number of aryl methyl sites for hydroxylation is 2. The molecular formula is C36H27N5. The molecule has 0 spiro atoms. The van der Waals surface area contributed by atoms with Crippen molar-refractivity contribution in [1.82, 2.24) is 24.5 Å². The Morgan fingerprint density at radius 2 is 1.22 bits per heavy atom. The highest BCUT2D eigenvalue weighted by molar-refractivity contribution is 5.81. The molecule has 0 atom stereocenters. The summed E-state index contributed by atoms with van der Waals surface area (Å²) in [6.45, 7) is 0. The second kappa shape index (κ2) is 11.0. The fourth-order valence-corrected chi connectivity index (χ4v) is 5.16. The first-order valence-electron chi connectivity index (χ1n) is 13.8. The number of aromatic nitrogens is 5. The lowest BCUT2D eigenvalue weighted by molar-refractivity contribution is 0.914. The Bertz CT molecular complexity index is 1940. The van der Waals surface area contributed by atoms with Gasteiger partial charge in [0.25, 0.3) is 0 Å². The Hall–Kier alpha value is -5.42. The van der Waals surface area contributed by atoms with E-state index < -0.39 is 0 Å². The van der Waals surface area contributed by atoms with Gasteiger partial charge in [-0.1, -0.05) is 78.9 Å². The summed E-state index contributed by atoms with van der Waals surface area (Å²) in [5.74, 6) is 0.843. The van der Waals surface area contributed by atoms with E-state index in [1.54, 1.807) is 0 Å². The molecule has 0 aliphatic carbocycles. The average molecular weight is 530 g/mol. The van der Waals surface area contributed by atoms with E-state index >= 15 is 0 Å². The molecule has 0 amide bonds. The minimum atomic E-state index is 0.831. The Morgan fingerprint density at radius 1 is 0.512 bits per heavy atom. The van der Waals surface area contributed by atoms with Gasteiger partial charge in [-0.3, -0.25) is 9.55 Å². The minimum absolute atomic E-state index is 0.831. The molecule has 5 heteroatoms. The summed E-state index contributed by atoms with van der Waals surface area (Å²) in [6.07, 6.45) is 3.65. The SMILES string of the molecule is c1ccc(CCc2cccc(-c3cccc(-c4cccc(-c5nc6cccnc6n5-c5ccccc5)c4)n3)n2)cc1. The lowest BCUT2D eigenvalue weighted by Crippen LogP contribution is -1.99. The van der Waals surface area contributed by atoms with Crippen molar-refractivity contribution in [3.63, 3.8) is 0 Å². The molecule has 7 aromatic rings. The van der Waals surface area contributed by atoms with Gasteiger partial charge in [0.1, 0.15) is 11.3 Å². The third-order valence-electron chi connectivity index (χ3n) is 7.18. The Balaban J connectivity index is 1.22. The Labute approximate surface area is 238 Å². The normalized spacial score (nSPS) is 11.1. The van der Waals surface area contributed by atoms with E-state index in [0.29, 0.717) is 0 Å². The molecule has 0 saturated heterocycles. The van der Waals surface area contributed by atoms with Crippen molar-refractivity contribution in [2.45, 2.75) is 12.8 Å². The number of rotatable bonds is 7. The molecule has 0 aliphatic heterocycles. The summed E-state index contributed by atoms with van der Waals surface area (Å²) < 4.78 is 2.11.